The fraction of sp³-hybridized carbons (Fsp3) is 0.222. The summed E-state index contributed by atoms with van der Waals surface area (Å²) in [5, 5.41) is 3.29. The van der Waals surface area contributed by atoms with E-state index in [0.717, 1.165) is 42.7 Å². The van der Waals surface area contributed by atoms with Crippen molar-refractivity contribution in [3.63, 3.8) is 0 Å². The van der Waals surface area contributed by atoms with Crippen LogP contribution in [0.5, 0.6) is 0 Å². The molecule has 23 heavy (non-hydrogen) atoms. The molecule has 0 spiro atoms. The summed E-state index contributed by atoms with van der Waals surface area (Å²) in [4.78, 5) is 9.01. The Bertz CT molecular complexity index is 761. The molecule has 116 valence electrons. The molecule has 0 bridgehead atoms. The normalized spacial score (nSPS) is 17.3. The van der Waals surface area contributed by atoms with E-state index in [4.69, 9.17) is 4.74 Å². The number of benzene rings is 1. The molecule has 0 radical (unpaired) electrons. The van der Waals surface area contributed by atoms with E-state index in [9.17, 15) is 0 Å². The van der Waals surface area contributed by atoms with E-state index in [0.29, 0.717) is 5.92 Å². The van der Waals surface area contributed by atoms with E-state index >= 15 is 0 Å². The van der Waals surface area contributed by atoms with E-state index < -0.39 is 0 Å². The summed E-state index contributed by atoms with van der Waals surface area (Å²) in [7, 11) is 0. The molecule has 3 aromatic rings. The summed E-state index contributed by atoms with van der Waals surface area (Å²) in [5.74, 6) is 2.24. The summed E-state index contributed by atoms with van der Waals surface area (Å²) < 4.78 is 7.57. The first kappa shape index (κ1) is 14.0. The highest BCUT2D eigenvalue weighted by atomic mass is 16.5. The standard InChI is InChI=1S/C18H18N4O/c1-2-4-15(5-3-1)21-17-7-6-16(12-20-17)22-10-9-19-18(22)14-8-11-23-13-14/h1-7,9-10,12,14H,8,11,13H2,(H,20,21)/t14-/m0/s1. The van der Waals surface area contributed by atoms with Gasteiger partial charge in [-0.05, 0) is 30.7 Å². The van der Waals surface area contributed by atoms with Crippen LogP contribution in [0.4, 0.5) is 11.5 Å². The second-order valence-corrected chi connectivity index (χ2v) is 5.61. The van der Waals surface area contributed by atoms with E-state index in [-0.39, 0.29) is 0 Å². The zero-order chi connectivity index (χ0) is 15.5. The van der Waals surface area contributed by atoms with Crippen LogP contribution in [0.3, 0.4) is 0 Å². The van der Waals surface area contributed by atoms with Crippen LogP contribution in [0.15, 0.2) is 61.1 Å². The Morgan fingerprint density at radius 2 is 2.00 bits per heavy atom. The SMILES string of the molecule is c1ccc(Nc2ccc(-n3ccnc3[C@H]3CCOC3)cn2)cc1. The first-order chi connectivity index (χ1) is 11.4. The van der Waals surface area contributed by atoms with Gasteiger partial charge in [-0.1, -0.05) is 18.2 Å². The molecule has 1 N–H and O–H groups in total. The number of nitrogens with zero attached hydrogens (tertiary/aromatic N) is 3. The number of pyridine rings is 1. The smallest absolute Gasteiger partial charge is 0.130 e. The molecule has 0 aliphatic carbocycles. The minimum atomic E-state index is 0.368. The highest BCUT2D eigenvalue weighted by Crippen LogP contribution is 2.26. The quantitative estimate of drug-likeness (QED) is 0.801. The lowest BCUT2D eigenvalue weighted by Gasteiger charge is -2.12. The minimum Gasteiger partial charge on any atom is -0.381 e. The Hall–Kier alpha value is -2.66. The summed E-state index contributed by atoms with van der Waals surface area (Å²) >= 11 is 0. The molecule has 1 aromatic carbocycles. The second-order valence-electron chi connectivity index (χ2n) is 5.61. The van der Waals surface area contributed by atoms with Crippen molar-refractivity contribution in [2.45, 2.75) is 12.3 Å². The van der Waals surface area contributed by atoms with Crippen LogP contribution < -0.4 is 5.32 Å². The largest absolute Gasteiger partial charge is 0.381 e. The second kappa shape index (κ2) is 6.22. The van der Waals surface area contributed by atoms with Crippen LogP contribution in [0, 0.1) is 0 Å². The number of aromatic nitrogens is 3. The van der Waals surface area contributed by atoms with Crippen LogP contribution >= 0.6 is 0 Å². The van der Waals surface area contributed by atoms with Crippen molar-refractivity contribution in [1.29, 1.82) is 0 Å². The van der Waals surface area contributed by atoms with Crippen LogP contribution in [-0.4, -0.2) is 27.7 Å². The van der Waals surface area contributed by atoms with Gasteiger partial charge in [-0.3, -0.25) is 0 Å². The molecule has 1 atom stereocenters. The Balaban J connectivity index is 1.55. The third-order valence-corrected chi connectivity index (χ3v) is 4.04. The van der Waals surface area contributed by atoms with E-state index in [1.807, 2.05) is 55.0 Å². The first-order valence-corrected chi connectivity index (χ1v) is 7.79. The first-order valence-electron chi connectivity index (χ1n) is 7.79. The van der Waals surface area contributed by atoms with Gasteiger partial charge in [0.1, 0.15) is 11.6 Å². The van der Waals surface area contributed by atoms with Crippen molar-refractivity contribution >= 4 is 11.5 Å². The van der Waals surface area contributed by atoms with Crippen molar-refractivity contribution in [3.05, 3.63) is 66.9 Å². The molecule has 1 aliphatic heterocycles. The summed E-state index contributed by atoms with van der Waals surface area (Å²) in [6.07, 6.45) is 6.71. The molecule has 1 saturated heterocycles. The maximum Gasteiger partial charge on any atom is 0.130 e. The number of ether oxygens (including phenoxy) is 1. The lowest BCUT2D eigenvalue weighted by molar-refractivity contribution is 0.193. The number of anilines is 2. The van der Waals surface area contributed by atoms with Gasteiger partial charge in [-0.2, -0.15) is 0 Å². The molecular weight excluding hydrogens is 288 g/mol. The number of para-hydroxylation sites is 1. The van der Waals surface area contributed by atoms with Crippen LogP contribution in [-0.2, 0) is 4.74 Å². The van der Waals surface area contributed by atoms with Gasteiger partial charge in [0.25, 0.3) is 0 Å². The van der Waals surface area contributed by atoms with E-state index in [2.05, 4.69) is 25.9 Å². The van der Waals surface area contributed by atoms with Gasteiger partial charge >= 0.3 is 0 Å². The predicted molar refractivity (Wildman–Crippen MR) is 89.3 cm³/mol. The molecular formula is C18H18N4O. The maximum absolute atomic E-state index is 5.48. The van der Waals surface area contributed by atoms with Crippen molar-refractivity contribution in [2.75, 3.05) is 18.5 Å². The van der Waals surface area contributed by atoms with Crippen molar-refractivity contribution in [3.8, 4) is 5.69 Å². The molecule has 2 aromatic heterocycles. The number of rotatable bonds is 4. The number of imidazole rings is 1. The predicted octanol–water partition coefficient (Wildman–Crippen LogP) is 3.51. The van der Waals surface area contributed by atoms with Gasteiger partial charge in [0.05, 0.1) is 18.5 Å². The third kappa shape index (κ3) is 2.96. The van der Waals surface area contributed by atoms with Gasteiger partial charge < -0.3 is 14.6 Å². The Kier molecular flexibility index (Phi) is 3.78. The van der Waals surface area contributed by atoms with Crippen molar-refractivity contribution < 1.29 is 4.74 Å². The molecule has 0 saturated carbocycles. The monoisotopic (exact) mass is 306 g/mol. The molecule has 0 unspecified atom stereocenters. The van der Waals surface area contributed by atoms with E-state index in [1.54, 1.807) is 0 Å². The van der Waals surface area contributed by atoms with Crippen LogP contribution in [0.25, 0.3) is 5.69 Å². The van der Waals surface area contributed by atoms with Crippen LogP contribution in [0.1, 0.15) is 18.2 Å². The van der Waals surface area contributed by atoms with Crippen molar-refractivity contribution in [2.24, 2.45) is 0 Å². The number of hydrogen-bond acceptors (Lipinski definition) is 4. The van der Waals surface area contributed by atoms with Gasteiger partial charge in [-0.15, -0.1) is 0 Å². The topological polar surface area (TPSA) is 52.0 Å². The maximum atomic E-state index is 5.48. The third-order valence-electron chi connectivity index (χ3n) is 4.04. The molecule has 5 heteroatoms. The molecule has 5 nitrogen and oxygen atoms in total. The fourth-order valence-corrected chi connectivity index (χ4v) is 2.85. The fourth-order valence-electron chi connectivity index (χ4n) is 2.85. The molecule has 1 aliphatic rings. The highest BCUT2D eigenvalue weighted by Gasteiger charge is 2.22. The molecule has 0 amide bonds. The van der Waals surface area contributed by atoms with E-state index in [1.165, 1.54) is 0 Å². The Morgan fingerprint density at radius 1 is 1.09 bits per heavy atom. The number of nitrogens with one attached hydrogen (secondary N) is 1. The van der Waals surface area contributed by atoms with Gasteiger partial charge in [0.2, 0.25) is 0 Å². The average Bonchev–Trinajstić information content (AvgIpc) is 3.28. The summed E-state index contributed by atoms with van der Waals surface area (Å²) in [6, 6.07) is 14.1. The van der Waals surface area contributed by atoms with Crippen LogP contribution in [0.2, 0.25) is 0 Å². The van der Waals surface area contributed by atoms with Crippen molar-refractivity contribution in [1.82, 2.24) is 14.5 Å². The average molecular weight is 306 g/mol. The molecule has 4 rings (SSSR count). The number of hydrogen-bond donors (Lipinski definition) is 1. The highest BCUT2D eigenvalue weighted by molar-refractivity contribution is 5.56. The minimum absolute atomic E-state index is 0.368. The zero-order valence-electron chi connectivity index (χ0n) is 12.7. The zero-order valence-corrected chi connectivity index (χ0v) is 12.7. The summed E-state index contributed by atoms with van der Waals surface area (Å²) in [6.45, 7) is 1.56. The molecule has 3 heterocycles. The summed E-state index contributed by atoms with van der Waals surface area (Å²) in [5.41, 5.74) is 2.04. The molecule has 1 fully saturated rings. The van der Waals surface area contributed by atoms with Gasteiger partial charge in [-0.25, -0.2) is 9.97 Å². The Morgan fingerprint density at radius 3 is 2.74 bits per heavy atom. The van der Waals surface area contributed by atoms with Gasteiger partial charge in [0, 0.05) is 30.6 Å². The van der Waals surface area contributed by atoms with Gasteiger partial charge in [0.15, 0.2) is 0 Å². The lowest BCUT2D eigenvalue weighted by atomic mass is 10.1. The lowest BCUT2D eigenvalue weighted by Crippen LogP contribution is -2.07. The Labute approximate surface area is 135 Å².